The third kappa shape index (κ3) is 6.40. The van der Waals surface area contributed by atoms with Gasteiger partial charge in [-0.25, -0.2) is 4.79 Å². The average Bonchev–Trinajstić information content (AvgIpc) is 3.26. The second kappa shape index (κ2) is 7.54. The molecule has 2 rings (SSSR count). The molecule has 5 heteroatoms. The van der Waals surface area contributed by atoms with E-state index in [0.29, 0.717) is 18.5 Å². The molecule has 0 aliphatic heterocycles. The lowest BCUT2D eigenvalue weighted by molar-refractivity contribution is 0.0522. The molecule has 0 radical (unpaired) electrons. The zero-order chi connectivity index (χ0) is 17.0. The van der Waals surface area contributed by atoms with Crippen LogP contribution in [0.5, 0.6) is 0 Å². The molecule has 0 bridgehead atoms. The van der Waals surface area contributed by atoms with Crippen LogP contribution in [0.3, 0.4) is 0 Å². The zero-order valence-electron chi connectivity index (χ0n) is 14.4. The molecule has 2 N–H and O–H groups in total. The lowest BCUT2D eigenvalue weighted by Crippen LogP contribution is -2.42. The molecule has 1 aromatic rings. The van der Waals surface area contributed by atoms with Crippen molar-refractivity contribution in [3.8, 4) is 0 Å². The van der Waals surface area contributed by atoms with Crippen molar-refractivity contribution < 1.29 is 9.53 Å². The van der Waals surface area contributed by atoms with E-state index in [-0.39, 0.29) is 12.1 Å². The van der Waals surface area contributed by atoms with Gasteiger partial charge in [0.2, 0.25) is 0 Å². The van der Waals surface area contributed by atoms with E-state index in [1.807, 2.05) is 32.9 Å². The van der Waals surface area contributed by atoms with E-state index in [9.17, 15) is 4.79 Å². The smallest absolute Gasteiger partial charge is 0.407 e. The fraction of sp³-hybridized carbons (Fsp3) is 0.611. The van der Waals surface area contributed by atoms with Crippen LogP contribution in [0.15, 0.2) is 24.3 Å². The van der Waals surface area contributed by atoms with Crippen molar-refractivity contribution in [2.75, 3.05) is 6.54 Å². The van der Waals surface area contributed by atoms with Crippen LogP contribution in [0.4, 0.5) is 4.79 Å². The number of hydrogen-bond acceptors (Lipinski definition) is 3. The van der Waals surface area contributed by atoms with Gasteiger partial charge in [-0.1, -0.05) is 23.7 Å². The molecule has 1 aromatic carbocycles. The molecule has 1 saturated carbocycles. The predicted molar refractivity (Wildman–Crippen MR) is 93.8 cm³/mol. The summed E-state index contributed by atoms with van der Waals surface area (Å²) in [5, 5.41) is 7.19. The van der Waals surface area contributed by atoms with Crippen LogP contribution < -0.4 is 10.6 Å². The number of carbonyl (C=O) groups is 1. The van der Waals surface area contributed by atoms with Gasteiger partial charge >= 0.3 is 6.09 Å². The minimum Gasteiger partial charge on any atom is -0.444 e. The Hall–Kier alpha value is -1.26. The number of amides is 1. The molecule has 1 amide bonds. The van der Waals surface area contributed by atoms with Crippen molar-refractivity contribution in [2.24, 2.45) is 5.92 Å². The van der Waals surface area contributed by atoms with E-state index in [2.05, 4.69) is 29.7 Å². The maximum atomic E-state index is 11.7. The minimum absolute atomic E-state index is 0.156. The molecule has 0 aromatic heterocycles. The molecule has 0 heterocycles. The van der Waals surface area contributed by atoms with Crippen molar-refractivity contribution in [2.45, 2.75) is 58.2 Å². The first kappa shape index (κ1) is 18.1. The molecule has 1 aliphatic carbocycles. The summed E-state index contributed by atoms with van der Waals surface area (Å²) in [6.07, 6.45) is 2.11. The van der Waals surface area contributed by atoms with Gasteiger partial charge in [0.05, 0.1) is 0 Å². The second-order valence-corrected chi connectivity index (χ2v) is 7.75. The summed E-state index contributed by atoms with van der Waals surface area (Å²) in [6.45, 7) is 8.18. The fourth-order valence-electron chi connectivity index (χ4n) is 2.52. The molecule has 4 nitrogen and oxygen atoms in total. The SMILES string of the molecule is CC(CNC(=O)OC(C)(C)C)NC(c1ccc(Cl)cc1)C1CC1. The van der Waals surface area contributed by atoms with Crippen molar-refractivity contribution in [3.05, 3.63) is 34.9 Å². The number of alkyl carbamates (subject to hydrolysis) is 1. The summed E-state index contributed by atoms with van der Waals surface area (Å²) in [5.74, 6) is 0.667. The number of rotatable bonds is 6. The van der Waals surface area contributed by atoms with Crippen molar-refractivity contribution >= 4 is 17.7 Å². The van der Waals surface area contributed by atoms with Gasteiger partial charge in [-0.15, -0.1) is 0 Å². The largest absolute Gasteiger partial charge is 0.444 e. The third-order valence-corrected chi connectivity index (χ3v) is 3.99. The molecule has 23 heavy (non-hydrogen) atoms. The molecule has 2 atom stereocenters. The lowest BCUT2D eigenvalue weighted by Gasteiger charge is -2.25. The van der Waals surface area contributed by atoms with E-state index in [1.54, 1.807) is 0 Å². The lowest BCUT2D eigenvalue weighted by atomic mass is 10.0. The Morgan fingerprint density at radius 1 is 1.30 bits per heavy atom. The molecular formula is C18H27ClN2O2. The van der Waals surface area contributed by atoms with Crippen molar-refractivity contribution in [1.82, 2.24) is 10.6 Å². The normalized spacial score (nSPS) is 17.4. The van der Waals surface area contributed by atoms with Crippen molar-refractivity contribution in [1.29, 1.82) is 0 Å². The first-order chi connectivity index (χ1) is 10.7. The van der Waals surface area contributed by atoms with Gasteiger partial charge in [0, 0.05) is 23.7 Å². The van der Waals surface area contributed by atoms with Crippen LogP contribution in [0.25, 0.3) is 0 Å². The topological polar surface area (TPSA) is 50.4 Å². The van der Waals surface area contributed by atoms with Crippen LogP contribution in [-0.2, 0) is 4.74 Å². The molecular weight excluding hydrogens is 312 g/mol. The first-order valence-corrected chi connectivity index (χ1v) is 8.61. The number of ether oxygens (including phenoxy) is 1. The molecule has 1 fully saturated rings. The molecule has 0 saturated heterocycles. The summed E-state index contributed by atoms with van der Waals surface area (Å²) < 4.78 is 5.26. The number of nitrogens with one attached hydrogen (secondary N) is 2. The minimum atomic E-state index is -0.472. The Bertz CT molecular complexity index is 521. The Labute approximate surface area is 143 Å². The van der Waals surface area contributed by atoms with Gasteiger partial charge in [0.1, 0.15) is 5.60 Å². The van der Waals surface area contributed by atoms with Gasteiger partial charge in [0.15, 0.2) is 0 Å². The van der Waals surface area contributed by atoms with Crippen molar-refractivity contribution in [3.63, 3.8) is 0 Å². The standard InChI is InChI=1S/C18H27ClN2O2/c1-12(11-20-17(22)23-18(2,3)4)21-16(13-5-6-13)14-7-9-15(19)10-8-14/h7-10,12-13,16,21H,5-6,11H2,1-4H3,(H,20,22). The summed E-state index contributed by atoms with van der Waals surface area (Å²) in [6, 6.07) is 8.47. The number of halogens is 1. The van der Waals surface area contributed by atoms with Gasteiger partial charge in [0.25, 0.3) is 0 Å². The highest BCUT2D eigenvalue weighted by atomic mass is 35.5. The predicted octanol–water partition coefficient (Wildman–Crippen LogP) is 4.29. The highest BCUT2D eigenvalue weighted by Crippen LogP contribution is 2.41. The van der Waals surface area contributed by atoms with E-state index < -0.39 is 5.60 Å². The molecule has 1 aliphatic rings. The average molecular weight is 339 g/mol. The molecule has 0 spiro atoms. The van der Waals surface area contributed by atoms with E-state index in [1.165, 1.54) is 18.4 Å². The van der Waals surface area contributed by atoms with Crippen LogP contribution >= 0.6 is 11.6 Å². The number of hydrogen-bond donors (Lipinski definition) is 2. The Kier molecular flexibility index (Phi) is 5.93. The third-order valence-electron chi connectivity index (χ3n) is 3.74. The van der Waals surface area contributed by atoms with Gasteiger partial charge in [-0.3, -0.25) is 0 Å². The van der Waals surface area contributed by atoms with Crippen LogP contribution in [0, 0.1) is 5.92 Å². The first-order valence-electron chi connectivity index (χ1n) is 8.23. The zero-order valence-corrected chi connectivity index (χ0v) is 15.1. The van der Waals surface area contributed by atoms with E-state index >= 15 is 0 Å². The van der Waals surface area contributed by atoms with E-state index in [0.717, 1.165) is 5.02 Å². The highest BCUT2D eigenvalue weighted by Gasteiger charge is 2.33. The summed E-state index contributed by atoms with van der Waals surface area (Å²) in [5.41, 5.74) is 0.779. The Morgan fingerprint density at radius 2 is 1.91 bits per heavy atom. The monoisotopic (exact) mass is 338 g/mol. The quantitative estimate of drug-likeness (QED) is 0.813. The highest BCUT2D eigenvalue weighted by molar-refractivity contribution is 6.30. The molecule has 2 unspecified atom stereocenters. The van der Waals surface area contributed by atoms with E-state index in [4.69, 9.17) is 16.3 Å². The van der Waals surface area contributed by atoms with Gasteiger partial charge < -0.3 is 15.4 Å². The number of carbonyl (C=O) groups excluding carboxylic acids is 1. The Balaban J connectivity index is 1.85. The van der Waals surface area contributed by atoms with Gasteiger partial charge in [-0.2, -0.15) is 0 Å². The Morgan fingerprint density at radius 3 is 2.43 bits per heavy atom. The number of benzene rings is 1. The summed E-state index contributed by atoms with van der Waals surface area (Å²) in [4.78, 5) is 11.7. The summed E-state index contributed by atoms with van der Waals surface area (Å²) in [7, 11) is 0. The van der Waals surface area contributed by atoms with Crippen LogP contribution in [-0.4, -0.2) is 24.3 Å². The maximum Gasteiger partial charge on any atom is 0.407 e. The molecule has 128 valence electrons. The van der Waals surface area contributed by atoms with Crippen LogP contribution in [0.1, 0.15) is 52.1 Å². The summed E-state index contributed by atoms with van der Waals surface area (Å²) >= 11 is 5.97. The fourth-order valence-corrected chi connectivity index (χ4v) is 2.65. The van der Waals surface area contributed by atoms with Crippen LogP contribution in [0.2, 0.25) is 5.02 Å². The second-order valence-electron chi connectivity index (χ2n) is 7.32. The van der Waals surface area contributed by atoms with Gasteiger partial charge in [-0.05, 0) is 64.2 Å². The maximum absolute atomic E-state index is 11.7.